The molecule has 0 radical (unpaired) electrons. The largest absolute Gasteiger partial charge is 0.432 e. The second kappa shape index (κ2) is 10.9. The molecule has 4 N–H and O–H groups in total. The van der Waals surface area contributed by atoms with Gasteiger partial charge in [0.1, 0.15) is 11.3 Å². The third kappa shape index (κ3) is 5.56. The number of hydrogen-bond acceptors (Lipinski definition) is 7. The number of carbonyl (C=O) groups excluding carboxylic acids is 3. The van der Waals surface area contributed by atoms with E-state index in [9.17, 15) is 19.5 Å². The first kappa shape index (κ1) is 27.3. The van der Waals surface area contributed by atoms with E-state index in [-0.39, 0.29) is 35.7 Å². The van der Waals surface area contributed by atoms with Gasteiger partial charge in [-0.25, -0.2) is 4.98 Å². The Morgan fingerprint density at radius 1 is 1.00 bits per heavy atom. The van der Waals surface area contributed by atoms with Crippen molar-refractivity contribution in [3.8, 4) is 22.4 Å². The Bertz CT molecular complexity index is 1540. The topological polar surface area (TPSA) is 142 Å². The smallest absolute Gasteiger partial charge is 0.313 e. The minimum Gasteiger partial charge on any atom is -0.432 e. The van der Waals surface area contributed by atoms with Gasteiger partial charge < -0.3 is 25.3 Å². The predicted molar refractivity (Wildman–Crippen MR) is 144 cm³/mol. The number of aromatic nitrogens is 1. The first-order valence-electron chi connectivity index (χ1n) is 11.5. The zero-order valence-corrected chi connectivity index (χ0v) is 21.9. The molecule has 0 aliphatic carbocycles. The summed E-state index contributed by atoms with van der Waals surface area (Å²) in [6.45, 7) is 2.03. The molecule has 0 fully saturated rings. The number of Topliss-reactive ketones (excluding diaryl/α,β-unsaturated/α-hetero) is 1. The maximum absolute atomic E-state index is 13.1. The van der Waals surface area contributed by atoms with Gasteiger partial charge in [0, 0.05) is 27.7 Å². The molecule has 0 aliphatic rings. The van der Waals surface area contributed by atoms with E-state index in [2.05, 4.69) is 15.6 Å². The molecule has 2 aromatic heterocycles. The van der Waals surface area contributed by atoms with Gasteiger partial charge in [-0.2, -0.15) is 0 Å². The van der Waals surface area contributed by atoms with Gasteiger partial charge in [0.2, 0.25) is 11.5 Å². The molecule has 0 bridgehead atoms. The van der Waals surface area contributed by atoms with Crippen LogP contribution in [0.3, 0.4) is 0 Å². The maximum atomic E-state index is 13.1. The van der Waals surface area contributed by atoms with Crippen LogP contribution >= 0.6 is 23.2 Å². The number of hydrogen-bond donors (Lipinski definition) is 4. The Balaban J connectivity index is 1.99. The number of rotatable bonds is 7. The molecule has 4 aromatic rings. The number of nitrogens with zero attached hydrogens (tertiary/aromatic N) is 1. The average molecular weight is 556 g/mol. The van der Waals surface area contributed by atoms with E-state index in [0.29, 0.717) is 32.4 Å². The summed E-state index contributed by atoms with van der Waals surface area (Å²) in [5, 5.41) is 25.1. The summed E-state index contributed by atoms with van der Waals surface area (Å²) in [5.41, 5.74) is 0.262. The van der Waals surface area contributed by atoms with E-state index in [0.717, 1.165) is 0 Å². The molecule has 9 nitrogen and oxygen atoms in total. The monoisotopic (exact) mass is 555 g/mol. The molecule has 0 aliphatic heterocycles. The molecule has 11 heteroatoms. The Morgan fingerprint density at radius 2 is 1.68 bits per heavy atom. The lowest BCUT2D eigenvalue weighted by molar-refractivity contribution is -0.136. The van der Waals surface area contributed by atoms with E-state index in [1.807, 2.05) is 0 Å². The predicted octanol–water partition coefficient (Wildman–Crippen LogP) is 4.47. The molecule has 0 unspecified atom stereocenters. The van der Waals surface area contributed by atoms with Crippen LogP contribution in [-0.2, 0) is 9.59 Å². The summed E-state index contributed by atoms with van der Waals surface area (Å²) in [5.74, 6) is -3.36. The average Bonchev–Trinajstić information content (AvgIpc) is 3.23. The van der Waals surface area contributed by atoms with Gasteiger partial charge in [-0.05, 0) is 43.7 Å². The second-order valence-corrected chi connectivity index (χ2v) is 9.70. The number of halogens is 2. The Labute approximate surface area is 227 Å². The quantitative estimate of drug-likeness (QED) is 0.194. The van der Waals surface area contributed by atoms with Crippen molar-refractivity contribution in [1.82, 2.24) is 10.3 Å². The minimum absolute atomic E-state index is 0.0312. The molecular weight excluding hydrogens is 533 g/mol. The highest BCUT2D eigenvalue weighted by Crippen LogP contribution is 2.41. The molecule has 2 aromatic carbocycles. The highest BCUT2D eigenvalue weighted by molar-refractivity contribution is 6.40. The zero-order valence-electron chi connectivity index (χ0n) is 20.3. The number of anilines is 1. The number of ketones is 1. The molecule has 38 heavy (non-hydrogen) atoms. The fourth-order valence-corrected chi connectivity index (χ4v) is 4.06. The summed E-state index contributed by atoms with van der Waals surface area (Å²) < 4.78 is 5.79. The van der Waals surface area contributed by atoms with Crippen LogP contribution in [0.5, 0.6) is 0 Å². The third-order valence-electron chi connectivity index (χ3n) is 5.57. The number of nitrogens with one attached hydrogen (secondary N) is 2. The van der Waals surface area contributed by atoms with Gasteiger partial charge in [-0.3, -0.25) is 14.4 Å². The van der Waals surface area contributed by atoms with Crippen molar-refractivity contribution in [2.24, 2.45) is 0 Å². The number of carbonyl (C=O) groups is 3. The van der Waals surface area contributed by atoms with Crippen molar-refractivity contribution < 1.29 is 29.0 Å². The van der Waals surface area contributed by atoms with Crippen LogP contribution in [0.4, 0.5) is 5.69 Å². The number of aliphatic hydroxyl groups is 2. The van der Waals surface area contributed by atoms with Gasteiger partial charge >= 0.3 is 11.8 Å². The van der Waals surface area contributed by atoms with Gasteiger partial charge in [0.25, 0.3) is 0 Å². The lowest BCUT2D eigenvalue weighted by Gasteiger charge is -2.14. The first-order valence-corrected chi connectivity index (χ1v) is 12.2. The van der Waals surface area contributed by atoms with Crippen LogP contribution in [-0.4, -0.2) is 51.5 Å². The summed E-state index contributed by atoms with van der Waals surface area (Å²) in [6, 6.07) is 15.6. The first-order chi connectivity index (χ1) is 18.0. The molecule has 0 saturated heterocycles. The van der Waals surface area contributed by atoms with Crippen LogP contribution < -0.4 is 10.6 Å². The van der Waals surface area contributed by atoms with Crippen molar-refractivity contribution in [2.75, 3.05) is 18.5 Å². The molecule has 0 saturated carbocycles. The fourth-order valence-electron chi connectivity index (χ4n) is 3.71. The Kier molecular flexibility index (Phi) is 7.84. The van der Waals surface area contributed by atoms with Gasteiger partial charge in [-0.15, -0.1) is 0 Å². The highest BCUT2D eigenvalue weighted by Gasteiger charge is 2.34. The zero-order chi connectivity index (χ0) is 27.6. The van der Waals surface area contributed by atoms with Crippen LogP contribution in [0.25, 0.3) is 33.5 Å². The molecule has 196 valence electrons. The Morgan fingerprint density at radius 3 is 2.32 bits per heavy atom. The molecule has 2 heterocycles. The van der Waals surface area contributed by atoms with Crippen molar-refractivity contribution in [2.45, 2.75) is 19.4 Å². The summed E-state index contributed by atoms with van der Waals surface area (Å²) >= 11 is 12.6. The molecule has 2 amide bonds. The standard InChI is InChI=1S/C27H23Cl2N3O6/c1-27(2,37)23(34)22-21(31-25(36)24(35)30-11-12-33)18-13-17(14-7-9-15(28)10-8-14)20(32-26(18)38-22)16-5-3-4-6-19(16)29/h3-10,13,33,37H,11-12H2,1-2H3,(H,30,35)(H,31,36). The molecular formula is C27H23Cl2N3O6. The van der Waals surface area contributed by atoms with Crippen molar-refractivity contribution in [1.29, 1.82) is 0 Å². The number of amides is 2. The van der Waals surface area contributed by atoms with Crippen molar-refractivity contribution in [3.05, 3.63) is 70.4 Å². The summed E-state index contributed by atoms with van der Waals surface area (Å²) in [7, 11) is 0. The van der Waals surface area contributed by atoms with Crippen LogP contribution in [0.2, 0.25) is 10.0 Å². The number of aliphatic hydroxyl groups excluding tert-OH is 1. The van der Waals surface area contributed by atoms with Crippen LogP contribution in [0.15, 0.2) is 59.0 Å². The lowest BCUT2D eigenvalue weighted by Crippen LogP contribution is -2.37. The number of benzene rings is 2. The number of pyridine rings is 1. The lowest BCUT2D eigenvalue weighted by atomic mass is 9.97. The van der Waals surface area contributed by atoms with E-state index >= 15 is 0 Å². The van der Waals surface area contributed by atoms with Crippen LogP contribution in [0, 0.1) is 0 Å². The number of furan rings is 1. The second-order valence-electron chi connectivity index (χ2n) is 8.85. The number of fused-ring (bicyclic) bond motifs is 1. The third-order valence-corrected chi connectivity index (χ3v) is 6.15. The SMILES string of the molecule is CC(C)(O)C(=O)c1oc2nc(-c3ccccc3Cl)c(-c3ccc(Cl)cc3)cc2c1NC(=O)C(=O)NCCO. The van der Waals surface area contributed by atoms with Gasteiger partial charge in [0.05, 0.1) is 17.7 Å². The highest BCUT2D eigenvalue weighted by atomic mass is 35.5. The van der Waals surface area contributed by atoms with Crippen molar-refractivity contribution >= 4 is 57.6 Å². The minimum atomic E-state index is -1.86. The van der Waals surface area contributed by atoms with Crippen molar-refractivity contribution in [3.63, 3.8) is 0 Å². The summed E-state index contributed by atoms with van der Waals surface area (Å²) in [4.78, 5) is 42.6. The normalized spacial score (nSPS) is 11.4. The molecule has 0 atom stereocenters. The van der Waals surface area contributed by atoms with E-state index in [1.165, 1.54) is 13.8 Å². The fraction of sp³-hybridized carbons (Fsp3) is 0.185. The van der Waals surface area contributed by atoms with E-state index in [1.54, 1.807) is 54.6 Å². The molecule has 0 spiro atoms. The molecule has 4 rings (SSSR count). The van der Waals surface area contributed by atoms with E-state index < -0.39 is 23.2 Å². The van der Waals surface area contributed by atoms with E-state index in [4.69, 9.17) is 32.7 Å². The maximum Gasteiger partial charge on any atom is 0.313 e. The van der Waals surface area contributed by atoms with Gasteiger partial charge in [-0.1, -0.05) is 53.5 Å². The summed E-state index contributed by atoms with van der Waals surface area (Å²) in [6.07, 6.45) is 0. The van der Waals surface area contributed by atoms with Gasteiger partial charge in [0.15, 0.2) is 5.76 Å². The Hall–Kier alpha value is -3.76. The van der Waals surface area contributed by atoms with Crippen LogP contribution in [0.1, 0.15) is 24.4 Å².